The minimum Gasteiger partial charge on any atom is -0.495 e. The number of methoxy groups -OCH3 is 1. The Morgan fingerprint density at radius 1 is 1.60 bits per heavy atom. The van der Waals surface area contributed by atoms with E-state index >= 15 is 0 Å². The molecule has 0 saturated heterocycles. The van der Waals surface area contributed by atoms with Crippen molar-refractivity contribution in [3.63, 3.8) is 0 Å². The highest BCUT2D eigenvalue weighted by molar-refractivity contribution is 5.43. The molecule has 0 aromatic carbocycles. The molecule has 0 radical (unpaired) electrons. The molecule has 0 aliphatic carbocycles. The Hall–Kier alpha value is -1.70. The Labute approximate surface area is 86.3 Å². The molecular weight excluding hydrogens is 202 g/mol. The van der Waals surface area contributed by atoms with Gasteiger partial charge in [0.1, 0.15) is 5.75 Å². The second-order valence-corrected chi connectivity index (χ2v) is 2.95. The Morgan fingerprint density at radius 3 is 2.73 bits per heavy atom. The molecule has 0 spiro atoms. The molecule has 0 aliphatic rings. The van der Waals surface area contributed by atoms with Crippen LogP contribution in [0.5, 0.6) is 5.75 Å². The second-order valence-electron chi connectivity index (χ2n) is 2.95. The molecule has 0 atom stereocenters. The van der Waals surface area contributed by atoms with Crippen LogP contribution in [0.3, 0.4) is 0 Å². The van der Waals surface area contributed by atoms with Crippen LogP contribution in [0, 0.1) is 18.3 Å². The Bertz CT molecular complexity index is 399. The van der Waals surface area contributed by atoms with Crippen LogP contribution in [0.15, 0.2) is 6.20 Å². The molecule has 5 heteroatoms. The first-order valence-electron chi connectivity index (χ1n) is 4.29. The van der Waals surface area contributed by atoms with E-state index < -0.39 is 6.43 Å². The number of aryl methyl sites for hydroxylation is 1. The summed E-state index contributed by atoms with van der Waals surface area (Å²) < 4.78 is 30.2. The lowest BCUT2D eigenvalue weighted by Gasteiger charge is -2.12. The zero-order valence-corrected chi connectivity index (χ0v) is 8.42. The third kappa shape index (κ3) is 2.21. The second kappa shape index (κ2) is 4.69. The molecule has 1 aromatic rings. The van der Waals surface area contributed by atoms with Crippen LogP contribution in [0.2, 0.25) is 0 Å². The van der Waals surface area contributed by atoms with Gasteiger partial charge in [-0.3, -0.25) is 4.98 Å². The minimum absolute atomic E-state index is 0.105. The molecule has 0 bridgehead atoms. The van der Waals surface area contributed by atoms with E-state index in [9.17, 15) is 8.78 Å². The van der Waals surface area contributed by atoms with Crippen LogP contribution in [0.25, 0.3) is 0 Å². The summed E-state index contributed by atoms with van der Waals surface area (Å²) in [6.07, 6.45) is -1.66. The summed E-state index contributed by atoms with van der Waals surface area (Å²) in [5.74, 6) is 0.273. The van der Waals surface area contributed by atoms with Crippen LogP contribution in [-0.2, 0) is 6.42 Å². The van der Waals surface area contributed by atoms with Gasteiger partial charge in [-0.25, -0.2) is 8.78 Å². The summed E-state index contributed by atoms with van der Waals surface area (Å²) in [6.45, 7) is 1.65. The zero-order chi connectivity index (χ0) is 11.4. The van der Waals surface area contributed by atoms with E-state index in [4.69, 9.17) is 10.00 Å². The van der Waals surface area contributed by atoms with E-state index in [1.807, 2.05) is 6.07 Å². The van der Waals surface area contributed by atoms with Gasteiger partial charge in [0, 0.05) is 17.3 Å². The molecule has 0 amide bonds. The fraction of sp³-hybridized carbons (Fsp3) is 0.400. The van der Waals surface area contributed by atoms with E-state index in [-0.39, 0.29) is 23.3 Å². The van der Waals surface area contributed by atoms with Crippen molar-refractivity contribution in [3.8, 4) is 11.8 Å². The number of nitriles is 1. The summed E-state index contributed by atoms with van der Waals surface area (Å²) >= 11 is 0. The minimum atomic E-state index is -2.64. The number of hydrogen-bond acceptors (Lipinski definition) is 3. The maximum Gasteiger partial charge on any atom is 0.265 e. The molecule has 3 nitrogen and oxygen atoms in total. The number of pyridine rings is 1. The molecule has 0 aliphatic heterocycles. The Morgan fingerprint density at radius 2 is 2.27 bits per heavy atom. The predicted molar refractivity (Wildman–Crippen MR) is 49.8 cm³/mol. The van der Waals surface area contributed by atoms with Crippen molar-refractivity contribution >= 4 is 0 Å². The van der Waals surface area contributed by atoms with Crippen molar-refractivity contribution < 1.29 is 13.5 Å². The van der Waals surface area contributed by atoms with Crippen molar-refractivity contribution in [3.05, 3.63) is 23.0 Å². The van der Waals surface area contributed by atoms with E-state index in [2.05, 4.69) is 4.98 Å². The van der Waals surface area contributed by atoms with Gasteiger partial charge in [0.15, 0.2) is 0 Å². The quantitative estimate of drug-likeness (QED) is 0.772. The van der Waals surface area contributed by atoms with Gasteiger partial charge >= 0.3 is 0 Å². The number of rotatable bonds is 3. The standard InChI is InChI=1S/C10H10F2N2O/c1-6-9(15-2)7(3-4-13)8(5-14-6)10(11)12/h5,10H,3H2,1-2H3. The fourth-order valence-electron chi connectivity index (χ4n) is 1.37. The van der Waals surface area contributed by atoms with E-state index in [0.717, 1.165) is 6.20 Å². The van der Waals surface area contributed by atoms with Crippen LogP contribution in [-0.4, -0.2) is 12.1 Å². The number of ether oxygens (including phenoxy) is 1. The first-order valence-corrected chi connectivity index (χ1v) is 4.29. The van der Waals surface area contributed by atoms with Crippen molar-refractivity contribution in [1.29, 1.82) is 5.26 Å². The predicted octanol–water partition coefficient (Wildman–Crippen LogP) is 2.40. The van der Waals surface area contributed by atoms with Gasteiger partial charge in [-0.1, -0.05) is 0 Å². The number of aromatic nitrogens is 1. The fourth-order valence-corrected chi connectivity index (χ4v) is 1.37. The number of nitrogens with zero attached hydrogens (tertiary/aromatic N) is 2. The average molecular weight is 212 g/mol. The van der Waals surface area contributed by atoms with Crippen LogP contribution < -0.4 is 4.74 Å². The average Bonchev–Trinajstić information content (AvgIpc) is 2.18. The van der Waals surface area contributed by atoms with Gasteiger partial charge < -0.3 is 4.74 Å². The molecule has 1 aromatic heterocycles. The molecular formula is C10H10F2N2O. The van der Waals surface area contributed by atoms with E-state index in [0.29, 0.717) is 5.69 Å². The summed E-state index contributed by atoms with van der Waals surface area (Å²) in [5, 5.41) is 8.57. The zero-order valence-electron chi connectivity index (χ0n) is 8.42. The molecule has 1 heterocycles. The molecule has 0 N–H and O–H groups in total. The third-order valence-corrected chi connectivity index (χ3v) is 2.04. The SMILES string of the molecule is COc1c(C)ncc(C(F)F)c1CC#N. The largest absolute Gasteiger partial charge is 0.495 e. The summed E-state index contributed by atoms with van der Waals surface area (Å²) in [4.78, 5) is 3.80. The number of halogens is 2. The van der Waals surface area contributed by atoms with Gasteiger partial charge in [0.25, 0.3) is 6.43 Å². The molecule has 0 unspecified atom stereocenters. The summed E-state index contributed by atoms with van der Waals surface area (Å²) in [5.41, 5.74) is 0.494. The summed E-state index contributed by atoms with van der Waals surface area (Å²) in [6, 6.07) is 1.84. The molecule has 0 fully saturated rings. The van der Waals surface area contributed by atoms with E-state index in [1.165, 1.54) is 7.11 Å². The molecule has 1 rings (SSSR count). The van der Waals surface area contributed by atoms with Crippen LogP contribution in [0.1, 0.15) is 23.2 Å². The highest BCUT2D eigenvalue weighted by Gasteiger charge is 2.19. The van der Waals surface area contributed by atoms with Gasteiger partial charge in [-0.15, -0.1) is 0 Å². The lowest BCUT2D eigenvalue weighted by atomic mass is 10.1. The van der Waals surface area contributed by atoms with Crippen molar-refractivity contribution in [2.45, 2.75) is 19.8 Å². The third-order valence-electron chi connectivity index (χ3n) is 2.04. The molecule has 80 valence electrons. The van der Waals surface area contributed by atoms with Crippen LogP contribution in [0.4, 0.5) is 8.78 Å². The lowest BCUT2D eigenvalue weighted by Crippen LogP contribution is -2.02. The lowest BCUT2D eigenvalue weighted by molar-refractivity contribution is 0.149. The van der Waals surface area contributed by atoms with Gasteiger partial charge in [-0.05, 0) is 6.92 Å². The van der Waals surface area contributed by atoms with Crippen LogP contribution >= 0.6 is 0 Å². The first kappa shape index (κ1) is 11.4. The Kier molecular flexibility index (Phi) is 3.56. The van der Waals surface area contributed by atoms with Gasteiger partial charge in [0.05, 0.1) is 25.3 Å². The maximum atomic E-state index is 12.6. The highest BCUT2D eigenvalue weighted by atomic mass is 19.3. The maximum absolute atomic E-state index is 12.6. The Balaban J connectivity index is 3.36. The summed E-state index contributed by atoms with van der Waals surface area (Å²) in [7, 11) is 1.38. The van der Waals surface area contributed by atoms with E-state index in [1.54, 1.807) is 6.92 Å². The highest BCUT2D eigenvalue weighted by Crippen LogP contribution is 2.31. The van der Waals surface area contributed by atoms with Gasteiger partial charge in [-0.2, -0.15) is 5.26 Å². The first-order chi connectivity index (χ1) is 7.11. The van der Waals surface area contributed by atoms with Gasteiger partial charge in [0.2, 0.25) is 0 Å². The van der Waals surface area contributed by atoms with Crippen molar-refractivity contribution in [1.82, 2.24) is 4.98 Å². The number of alkyl halides is 2. The topological polar surface area (TPSA) is 45.9 Å². The molecule has 15 heavy (non-hydrogen) atoms. The smallest absolute Gasteiger partial charge is 0.265 e. The molecule has 0 saturated carbocycles. The number of hydrogen-bond donors (Lipinski definition) is 0. The van der Waals surface area contributed by atoms with Crippen molar-refractivity contribution in [2.24, 2.45) is 0 Å². The normalized spacial score (nSPS) is 10.1. The monoisotopic (exact) mass is 212 g/mol. The van der Waals surface area contributed by atoms with Crippen molar-refractivity contribution in [2.75, 3.05) is 7.11 Å².